The van der Waals surface area contributed by atoms with E-state index in [0.29, 0.717) is 10.7 Å². The molecule has 0 atom stereocenters. The maximum Gasteiger partial charge on any atom is 0.301 e. The van der Waals surface area contributed by atoms with E-state index in [1.165, 1.54) is 12.1 Å². The molecule has 9 heteroatoms. The number of nitrogens with two attached hydrogens (primary N) is 1. The number of aryl methyl sites for hydroxylation is 1. The summed E-state index contributed by atoms with van der Waals surface area (Å²) in [6, 6.07) is 8.82. The molecule has 29 heavy (non-hydrogen) atoms. The SMILES string of the molecule is CCN(CC)c1ccc(N=C2C(=O)N(c3c(Cl)cc(Cl)cc3Cl)N=C2N)c(C)c1. The molecule has 0 bridgehead atoms. The Bertz CT molecular complexity index is 1010. The maximum atomic E-state index is 12.9. The number of benzene rings is 2. The van der Waals surface area contributed by atoms with Gasteiger partial charge in [0.1, 0.15) is 5.69 Å². The van der Waals surface area contributed by atoms with Crippen molar-refractivity contribution >= 4 is 69.3 Å². The van der Waals surface area contributed by atoms with Crippen LogP contribution in [0.1, 0.15) is 19.4 Å². The number of hydrazone groups is 1. The number of amidine groups is 1. The van der Waals surface area contributed by atoms with Crippen LogP contribution in [0, 0.1) is 6.92 Å². The average molecular weight is 453 g/mol. The van der Waals surface area contributed by atoms with Crippen LogP contribution in [0.15, 0.2) is 40.4 Å². The summed E-state index contributed by atoms with van der Waals surface area (Å²) >= 11 is 18.4. The Morgan fingerprint density at radius 1 is 1.10 bits per heavy atom. The zero-order valence-corrected chi connectivity index (χ0v) is 18.5. The lowest BCUT2D eigenvalue weighted by Gasteiger charge is -2.21. The molecule has 0 unspecified atom stereocenters. The van der Waals surface area contributed by atoms with Gasteiger partial charge in [0.05, 0.1) is 15.7 Å². The van der Waals surface area contributed by atoms with Gasteiger partial charge in [-0.05, 0) is 56.7 Å². The van der Waals surface area contributed by atoms with Gasteiger partial charge in [0.25, 0.3) is 0 Å². The van der Waals surface area contributed by atoms with E-state index in [-0.39, 0.29) is 27.3 Å². The van der Waals surface area contributed by atoms with Crippen LogP contribution in [0.25, 0.3) is 0 Å². The summed E-state index contributed by atoms with van der Waals surface area (Å²) < 4.78 is 0. The smallest absolute Gasteiger partial charge is 0.301 e. The first kappa shape index (κ1) is 21.4. The zero-order chi connectivity index (χ0) is 21.3. The molecular formula is C20H20Cl3N5O. The second kappa shape index (κ2) is 8.61. The van der Waals surface area contributed by atoms with E-state index in [2.05, 4.69) is 28.8 Å². The molecule has 0 saturated heterocycles. The fourth-order valence-electron chi connectivity index (χ4n) is 3.07. The van der Waals surface area contributed by atoms with Gasteiger partial charge in [-0.25, -0.2) is 4.99 Å². The minimum absolute atomic E-state index is 0.00990. The average Bonchev–Trinajstić information content (AvgIpc) is 2.92. The van der Waals surface area contributed by atoms with E-state index < -0.39 is 5.91 Å². The summed E-state index contributed by atoms with van der Waals surface area (Å²) in [5, 5.41) is 5.88. The van der Waals surface area contributed by atoms with Crippen LogP contribution in [0.2, 0.25) is 15.1 Å². The lowest BCUT2D eigenvalue weighted by Crippen LogP contribution is -2.30. The Morgan fingerprint density at radius 3 is 2.28 bits per heavy atom. The molecule has 1 amide bonds. The number of amides is 1. The Balaban J connectivity index is 1.97. The predicted octanol–water partition coefficient (Wildman–Crippen LogP) is 5.19. The van der Waals surface area contributed by atoms with Crippen LogP contribution in [0.4, 0.5) is 17.1 Å². The summed E-state index contributed by atoms with van der Waals surface area (Å²) in [7, 11) is 0. The molecule has 0 fully saturated rings. The van der Waals surface area contributed by atoms with Crippen LogP contribution in [0.5, 0.6) is 0 Å². The van der Waals surface area contributed by atoms with E-state index in [4.69, 9.17) is 40.5 Å². The minimum Gasteiger partial charge on any atom is -0.380 e. The molecule has 0 radical (unpaired) electrons. The van der Waals surface area contributed by atoms with Gasteiger partial charge in [-0.1, -0.05) is 34.8 Å². The van der Waals surface area contributed by atoms with Gasteiger partial charge in [0.2, 0.25) is 0 Å². The molecule has 152 valence electrons. The fourth-order valence-corrected chi connectivity index (χ4v) is 4.05. The van der Waals surface area contributed by atoms with Crippen LogP contribution in [0.3, 0.4) is 0 Å². The number of halogens is 3. The highest BCUT2D eigenvalue weighted by Gasteiger charge is 2.34. The van der Waals surface area contributed by atoms with Crippen molar-refractivity contribution in [2.75, 3.05) is 23.0 Å². The van der Waals surface area contributed by atoms with Gasteiger partial charge in [-0.15, -0.1) is 5.10 Å². The van der Waals surface area contributed by atoms with Gasteiger partial charge in [0.15, 0.2) is 11.5 Å². The molecule has 0 spiro atoms. The molecule has 1 aliphatic heterocycles. The van der Waals surface area contributed by atoms with Crippen molar-refractivity contribution in [3.8, 4) is 0 Å². The monoisotopic (exact) mass is 451 g/mol. The van der Waals surface area contributed by atoms with Gasteiger partial charge in [-0.3, -0.25) is 4.79 Å². The van der Waals surface area contributed by atoms with E-state index in [1.54, 1.807) is 0 Å². The van der Waals surface area contributed by atoms with Gasteiger partial charge < -0.3 is 10.6 Å². The number of hydrogen-bond acceptors (Lipinski definition) is 5. The first-order valence-electron chi connectivity index (χ1n) is 9.04. The molecule has 0 saturated carbocycles. The molecule has 1 aliphatic rings. The lowest BCUT2D eigenvalue weighted by atomic mass is 10.1. The fraction of sp³-hybridized carbons (Fsp3) is 0.250. The molecule has 6 nitrogen and oxygen atoms in total. The van der Waals surface area contributed by atoms with Crippen molar-refractivity contribution in [1.82, 2.24) is 0 Å². The topological polar surface area (TPSA) is 74.3 Å². The predicted molar refractivity (Wildman–Crippen MR) is 122 cm³/mol. The van der Waals surface area contributed by atoms with Crippen LogP contribution in [-0.4, -0.2) is 30.5 Å². The highest BCUT2D eigenvalue weighted by molar-refractivity contribution is 6.71. The van der Waals surface area contributed by atoms with Crippen LogP contribution in [-0.2, 0) is 4.79 Å². The molecule has 2 aromatic carbocycles. The standard InChI is InChI=1S/C20H20Cl3N5O/c1-4-27(5-2)13-6-7-16(11(3)8-13)25-17-19(24)26-28(20(17)29)18-14(22)9-12(21)10-15(18)23/h6-10H,4-5H2,1-3H3,(H2,24,26). The van der Waals surface area contributed by atoms with E-state index in [9.17, 15) is 4.79 Å². The highest BCUT2D eigenvalue weighted by Crippen LogP contribution is 2.38. The number of nitrogens with zero attached hydrogens (tertiary/aromatic N) is 4. The number of anilines is 2. The first-order chi connectivity index (χ1) is 13.8. The number of carbonyl (C=O) groups is 1. The number of hydrogen-bond donors (Lipinski definition) is 1. The summed E-state index contributed by atoms with van der Waals surface area (Å²) in [6.07, 6.45) is 0. The lowest BCUT2D eigenvalue weighted by molar-refractivity contribution is -0.112. The third-order valence-corrected chi connectivity index (χ3v) is 5.37. The van der Waals surface area contributed by atoms with Gasteiger partial charge in [-0.2, -0.15) is 5.01 Å². The summed E-state index contributed by atoms with van der Waals surface area (Å²) in [5.74, 6) is -0.523. The van der Waals surface area contributed by atoms with E-state index >= 15 is 0 Å². The minimum atomic E-state index is -0.513. The molecule has 3 rings (SSSR count). The van der Waals surface area contributed by atoms with E-state index in [1.807, 2.05) is 25.1 Å². The maximum absolute atomic E-state index is 12.9. The molecule has 0 aliphatic carbocycles. The quantitative estimate of drug-likeness (QED) is 0.678. The van der Waals surface area contributed by atoms with Gasteiger partial charge >= 0.3 is 5.91 Å². The van der Waals surface area contributed by atoms with Crippen molar-refractivity contribution in [1.29, 1.82) is 0 Å². The molecule has 2 aromatic rings. The van der Waals surface area contributed by atoms with Crippen molar-refractivity contribution in [2.45, 2.75) is 20.8 Å². The Kier molecular flexibility index (Phi) is 6.36. The third kappa shape index (κ3) is 4.20. The van der Waals surface area contributed by atoms with Crippen molar-refractivity contribution in [2.24, 2.45) is 15.8 Å². The summed E-state index contributed by atoms with van der Waals surface area (Å²) in [5.41, 5.74) is 8.88. The molecule has 0 aromatic heterocycles. The van der Waals surface area contributed by atoms with E-state index in [0.717, 1.165) is 29.3 Å². The van der Waals surface area contributed by atoms with Crippen molar-refractivity contribution in [3.63, 3.8) is 0 Å². The Labute approximate surface area is 184 Å². The normalized spacial score (nSPS) is 15.2. The van der Waals surface area contributed by atoms with Crippen molar-refractivity contribution < 1.29 is 4.79 Å². The Morgan fingerprint density at radius 2 is 1.72 bits per heavy atom. The molecule has 2 N–H and O–H groups in total. The highest BCUT2D eigenvalue weighted by atomic mass is 35.5. The molecule has 1 heterocycles. The second-order valence-electron chi connectivity index (χ2n) is 6.42. The number of aliphatic imine (C=N–C) groups is 1. The third-order valence-electron chi connectivity index (χ3n) is 4.58. The Hall–Kier alpha value is -2.28. The number of rotatable bonds is 5. The van der Waals surface area contributed by atoms with Crippen molar-refractivity contribution in [3.05, 3.63) is 51.0 Å². The molecular weight excluding hydrogens is 433 g/mol. The summed E-state index contributed by atoms with van der Waals surface area (Å²) in [4.78, 5) is 19.6. The summed E-state index contributed by atoms with van der Waals surface area (Å²) in [6.45, 7) is 7.94. The number of carbonyl (C=O) groups excluding carboxylic acids is 1. The second-order valence-corrected chi connectivity index (χ2v) is 7.67. The largest absolute Gasteiger partial charge is 0.380 e. The first-order valence-corrected chi connectivity index (χ1v) is 10.2. The van der Waals surface area contributed by atoms with Crippen LogP contribution < -0.4 is 15.6 Å². The van der Waals surface area contributed by atoms with Gasteiger partial charge in [0, 0.05) is 23.8 Å². The van der Waals surface area contributed by atoms with Crippen LogP contribution >= 0.6 is 34.8 Å². The zero-order valence-electron chi connectivity index (χ0n) is 16.2.